The van der Waals surface area contributed by atoms with E-state index in [-0.39, 0.29) is 25.5 Å². The molecule has 0 aliphatic carbocycles. The molecule has 4 aromatic rings. The number of aliphatic carboxylic acids is 1. The normalized spacial score (nSPS) is 11.5. The Kier molecular flexibility index (Phi) is 12.0. The first-order chi connectivity index (χ1) is 18.9. The number of amides is 1. The molecule has 6 nitrogen and oxygen atoms in total. The number of thioether (sulfide) groups is 1. The van der Waals surface area contributed by atoms with E-state index in [1.165, 1.54) is 0 Å². The second kappa shape index (κ2) is 15.2. The summed E-state index contributed by atoms with van der Waals surface area (Å²) in [5.74, 6) is -0.126. The molecule has 0 saturated heterocycles. The van der Waals surface area contributed by atoms with Gasteiger partial charge in [-0.25, -0.2) is 4.79 Å². The Morgan fingerprint density at radius 2 is 1.75 bits per heavy atom. The number of rotatable bonds is 12. The van der Waals surface area contributed by atoms with Crippen LogP contribution in [0.25, 0.3) is 22.3 Å². The summed E-state index contributed by atoms with van der Waals surface area (Å²) < 4.78 is 11.7. The quantitative estimate of drug-likeness (QED) is 0.187. The van der Waals surface area contributed by atoms with Crippen molar-refractivity contribution in [2.24, 2.45) is 0 Å². The van der Waals surface area contributed by atoms with E-state index in [9.17, 15) is 14.7 Å². The van der Waals surface area contributed by atoms with Gasteiger partial charge < -0.3 is 19.6 Å². The second-order valence-electron chi connectivity index (χ2n) is 9.10. The second-order valence-corrected chi connectivity index (χ2v) is 10.5. The van der Waals surface area contributed by atoms with Gasteiger partial charge >= 0.3 is 24.8 Å². The van der Waals surface area contributed by atoms with Crippen molar-refractivity contribution in [1.82, 2.24) is 5.32 Å². The van der Waals surface area contributed by atoms with Crippen LogP contribution in [0.5, 0.6) is 0 Å². The molecule has 0 spiro atoms. The fourth-order valence-electron chi connectivity index (χ4n) is 4.31. The molecule has 1 aromatic heterocycles. The van der Waals surface area contributed by atoms with Crippen molar-refractivity contribution in [3.8, 4) is 22.3 Å². The number of nitrogens with one attached hydrogen (secondary N) is 1. The summed E-state index contributed by atoms with van der Waals surface area (Å²) in [5.41, 5.74) is 5.85. The van der Waals surface area contributed by atoms with Gasteiger partial charge in [-0.3, -0.25) is 4.79 Å². The number of carbonyl (C=O) groups is 2. The third-order valence-electron chi connectivity index (χ3n) is 6.38. The Morgan fingerprint density at radius 3 is 2.45 bits per heavy atom. The topological polar surface area (TPSA) is 88.8 Å². The van der Waals surface area contributed by atoms with E-state index in [4.69, 9.17) is 20.8 Å². The molecule has 0 bridgehead atoms. The van der Waals surface area contributed by atoms with Crippen LogP contribution in [0.4, 0.5) is 0 Å². The third kappa shape index (κ3) is 8.06. The van der Waals surface area contributed by atoms with E-state index in [0.717, 1.165) is 33.4 Å². The van der Waals surface area contributed by atoms with Crippen LogP contribution in [-0.4, -0.2) is 53.9 Å². The average molecular weight is 572 g/mol. The summed E-state index contributed by atoms with van der Waals surface area (Å²) in [6.45, 7) is 2.55. The monoisotopic (exact) mass is 571 g/mol. The van der Waals surface area contributed by atoms with Gasteiger partial charge in [0.15, 0.2) is 0 Å². The molecule has 0 aliphatic rings. The van der Waals surface area contributed by atoms with Gasteiger partial charge in [-0.15, -0.1) is 0 Å². The first-order valence-electron chi connectivity index (χ1n) is 12.5. The Labute approximate surface area is 255 Å². The van der Waals surface area contributed by atoms with Crippen molar-refractivity contribution in [2.45, 2.75) is 32.6 Å². The number of hydrogen-bond donors (Lipinski definition) is 2. The van der Waals surface area contributed by atoms with E-state index >= 15 is 0 Å². The van der Waals surface area contributed by atoms with Crippen molar-refractivity contribution in [1.29, 1.82) is 0 Å². The molecule has 40 heavy (non-hydrogen) atoms. The average Bonchev–Trinajstić information content (AvgIpc) is 3.40. The number of ether oxygens (including phenoxy) is 1. The first kappa shape index (κ1) is 31.6. The van der Waals surface area contributed by atoms with Gasteiger partial charge in [-0.1, -0.05) is 54.1 Å². The molecule has 1 heterocycles. The Bertz CT molecular complexity index is 1440. The van der Waals surface area contributed by atoms with Gasteiger partial charge in [0.25, 0.3) is 5.91 Å². The van der Waals surface area contributed by atoms with Crippen LogP contribution in [-0.2, 0) is 22.7 Å². The molecule has 204 valence electrons. The van der Waals surface area contributed by atoms with Gasteiger partial charge in [-0.05, 0) is 83.5 Å². The number of furan rings is 1. The molecule has 9 heteroatoms. The molecule has 1 atom stereocenters. The molecular formula is C31H31ClLiNO5S. The summed E-state index contributed by atoms with van der Waals surface area (Å²) in [4.78, 5) is 25.0. The maximum atomic E-state index is 13.3. The Balaban J connectivity index is 0.00000441. The fraction of sp³-hybridized carbons (Fsp3) is 0.226. The van der Waals surface area contributed by atoms with Gasteiger partial charge in [-0.2, -0.15) is 11.8 Å². The van der Waals surface area contributed by atoms with Crippen molar-refractivity contribution < 1.29 is 23.8 Å². The van der Waals surface area contributed by atoms with Crippen molar-refractivity contribution in [3.63, 3.8) is 0 Å². The SMILES string of the molecule is CSCCC(NC(=O)c1ccc(COCc2occc2-c2ccc(Cl)cc2)cc1-c1ccccc1C)C(=O)O.[LiH]. The number of halogens is 1. The van der Waals surface area contributed by atoms with Crippen LogP contribution in [0.15, 0.2) is 83.5 Å². The Hall–Kier alpha value is -2.92. The zero-order chi connectivity index (χ0) is 27.8. The van der Waals surface area contributed by atoms with E-state index in [0.29, 0.717) is 35.1 Å². The standard InChI is InChI=1S/C31H30ClNO5S.Li.H/c1-20-5-3-4-6-24(20)27-17-21(7-12-26(27)30(34)33-28(31(35)36)14-16-39-2)18-37-19-29-25(13-15-38-29)22-8-10-23(32)11-9-22;;/h3-13,15,17,28H,14,16,18-19H2,1-2H3,(H,33,34)(H,35,36);;. The molecule has 1 amide bonds. The van der Waals surface area contributed by atoms with Crippen molar-refractivity contribution in [3.05, 3.63) is 107 Å². The summed E-state index contributed by atoms with van der Waals surface area (Å²) in [5, 5.41) is 13.0. The van der Waals surface area contributed by atoms with Gasteiger partial charge in [0.1, 0.15) is 18.4 Å². The molecule has 0 saturated carbocycles. The molecule has 4 rings (SSSR count). The van der Waals surface area contributed by atoms with Crippen LogP contribution < -0.4 is 5.32 Å². The van der Waals surface area contributed by atoms with Crippen LogP contribution in [0.3, 0.4) is 0 Å². The molecule has 0 radical (unpaired) electrons. The van der Waals surface area contributed by atoms with E-state index in [1.807, 2.05) is 79.9 Å². The number of carboxylic acids is 1. The van der Waals surface area contributed by atoms with Gasteiger partial charge in [0.2, 0.25) is 0 Å². The number of carboxylic acid groups (broad SMARTS) is 1. The van der Waals surface area contributed by atoms with Crippen LogP contribution >= 0.6 is 23.4 Å². The van der Waals surface area contributed by atoms with E-state index in [2.05, 4.69) is 5.32 Å². The minimum absolute atomic E-state index is 0. The van der Waals surface area contributed by atoms with Gasteiger partial charge in [0, 0.05) is 16.1 Å². The summed E-state index contributed by atoms with van der Waals surface area (Å²) in [6, 6.07) is 21.8. The zero-order valence-electron chi connectivity index (χ0n) is 21.8. The summed E-state index contributed by atoms with van der Waals surface area (Å²) in [7, 11) is 0. The van der Waals surface area contributed by atoms with E-state index in [1.54, 1.807) is 24.1 Å². The third-order valence-corrected chi connectivity index (χ3v) is 7.28. The maximum absolute atomic E-state index is 13.3. The summed E-state index contributed by atoms with van der Waals surface area (Å²) >= 11 is 7.56. The Morgan fingerprint density at radius 1 is 1.00 bits per heavy atom. The number of hydrogen-bond acceptors (Lipinski definition) is 5. The van der Waals surface area contributed by atoms with Crippen LogP contribution in [0, 0.1) is 6.92 Å². The van der Waals surface area contributed by atoms with Crippen LogP contribution in [0.1, 0.15) is 33.7 Å². The molecule has 3 aromatic carbocycles. The molecule has 2 N–H and O–H groups in total. The molecule has 0 aliphatic heterocycles. The fourth-order valence-corrected chi connectivity index (χ4v) is 4.90. The number of benzene rings is 3. The van der Waals surface area contributed by atoms with Crippen molar-refractivity contribution in [2.75, 3.05) is 12.0 Å². The number of aryl methyl sites for hydroxylation is 1. The van der Waals surface area contributed by atoms with Crippen LogP contribution in [0.2, 0.25) is 5.02 Å². The first-order valence-corrected chi connectivity index (χ1v) is 14.3. The van der Waals surface area contributed by atoms with E-state index < -0.39 is 17.9 Å². The molecule has 1 unspecified atom stereocenters. The number of carbonyl (C=O) groups excluding carboxylic acids is 1. The molecule has 0 fully saturated rings. The summed E-state index contributed by atoms with van der Waals surface area (Å²) in [6.07, 6.45) is 3.89. The minimum atomic E-state index is -1.05. The predicted molar refractivity (Wildman–Crippen MR) is 163 cm³/mol. The zero-order valence-corrected chi connectivity index (χ0v) is 23.4. The van der Waals surface area contributed by atoms with Gasteiger partial charge in [0.05, 0.1) is 12.9 Å². The van der Waals surface area contributed by atoms with Crippen molar-refractivity contribution >= 4 is 54.1 Å². The predicted octanol–water partition coefficient (Wildman–Crippen LogP) is 6.58. The molecular weight excluding hydrogens is 541 g/mol.